The minimum absolute atomic E-state index is 0.0260. The second-order valence-corrected chi connectivity index (χ2v) is 20.2. The van der Waals surface area contributed by atoms with Crippen LogP contribution in [-0.4, -0.2) is 173 Å². The van der Waals surface area contributed by atoms with Crippen LogP contribution < -0.4 is 77.4 Å². The maximum Gasteiger partial charge on any atom is 0.300 e. The zero-order chi connectivity index (χ0) is 56.2. The van der Waals surface area contributed by atoms with Crippen molar-refractivity contribution in [2.45, 2.75) is 141 Å². The number of carboxylic acid groups (broad SMARTS) is 1. The van der Waals surface area contributed by atoms with E-state index in [4.69, 9.17) is 50.0 Å². The van der Waals surface area contributed by atoms with Crippen molar-refractivity contribution in [3.8, 4) is 0 Å². The smallest absolute Gasteiger partial charge is 0.300 e. The first-order valence-electron chi connectivity index (χ1n) is 24.0. The Hall–Kier alpha value is -6.63. The Morgan fingerprint density at radius 2 is 1.24 bits per heavy atom. The predicted molar refractivity (Wildman–Crippen MR) is 277 cm³/mol. The van der Waals surface area contributed by atoms with Crippen molar-refractivity contribution in [1.82, 2.24) is 42.1 Å². The molecule has 2 heterocycles. The highest BCUT2D eigenvalue weighted by Gasteiger charge is 2.41. The highest BCUT2D eigenvalue weighted by Crippen LogP contribution is 2.26. The summed E-state index contributed by atoms with van der Waals surface area (Å²) in [6.45, 7) is 7.83. The van der Waals surface area contributed by atoms with Gasteiger partial charge in [0.2, 0.25) is 59.1 Å². The second-order valence-electron chi connectivity index (χ2n) is 17.6. The van der Waals surface area contributed by atoms with Gasteiger partial charge in [-0.2, -0.15) is 0 Å². The highest BCUT2D eigenvalue weighted by molar-refractivity contribution is 8.76. The minimum atomic E-state index is -1.70. The van der Waals surface area contributed by atoms with E-state index >= 15 is 0 Å². The lowest BCUT2D eigenvalue weighted by molar-refractivity contribution is -0.142. The Bertz CT molecular complexity index is 2020. The number of primary amides is 2. The number of carboxylic acids is 1. The summed E-state index contributed by atoms with van der Waals surface area (Å²) in [6.07, 6.45) is 0.894. The monoisotopic (exact) mass is 1090 g/mol. The van der Waals surface area contributed by atoms with E-state index in [9.17, 15) is 47.9 Å². The van der Waals surface area contributed by atoms with Gasteiger partial charge in [-0.1, -0.05) is 62.1 Å². The molecule has 2 fully saturated rings. The summed E-state index contributed by atoms with van der Waals surface area (Å²) >= 11 is 0. The third-order valence-electron chi connectivity index (χ3n) is 11.6. The van der Waals surface area contributed by atoms with Gasteiger partial charge in [0, 0.05) is 38.1 Å². The number of carbonyl (C=O) groups is 11. The molecule has 29 nitrogen and oxygen atoms in total. The van der Waals surface area contributed by atoms with Crippen molar-refractivity contribution < 1.29 is 57.8 Å². The van der Waals surface area contributed by atoms with Crippen molar-refractivity contribution in [3.63, 3.8) is 0 Å². The molecule has 74 heavy (non-hydrogen) atoms. The van der Waals surface area contributed by atoms with Crippen LogP contribution in [0.1, 0.15) is 92.4 Å². The number of hydrogen-bond acceptors (Lipinski definition) is 16. The molecule has 0 aromatic heterocycles. The van der Waals surface area contributed by atoms with Gasteiger partial charge in [0.1, 0.15) is 42.3 Å². The molecule has 2 aliphatic rings. The summed E-state index contributed by atoms with van der Waals surface area (Å²) in [7, 11) is 2.11. The van der Waals surface area contributed by atoms with Gasteiger partial charge in [-0.3, -0.25) is 62.7 Å². The Morgan fingerprint density at radius 1 is 0.730 bits per heavy atom. The molecule has 31 heteroatoms. The molecule has 0 aromatic rings. The zero-order valence-corrected chi connectivity index (χ0v) is 44.2. The van der Waals surface area contributed by atoms with E-state index in [1.807, 2.05) is 6.92 Å². The van der Waals surface area contributed by atoms with E-state index in [0.29, 0.717) is 19.3 Å². The molecule has 0 radical (unpaired) electrons. The average molecular weight is 1090 g/mol. The molecule has 2 rings (SSSR count). The van der Waals surface area contributed by atoms with Crippen LogP contribution >= 0.6 is 21.6 Å². The molecular formula is C43H77N17O12S2. The number of rotatable bonds is 20. The van der Waals surface area contributed by atoms with E-state index in [2.05, 4.69) is 47.2 Å². The number of carbonyl (C=O) groups excluding carboxylic acids is 10. The fraction of sp³-hybridized carbons (Fsp3) is 0.698. The lowest BCUT2D eigenvalue weighted by atomic mass is 9.94. The quantitative estimate of drug-likeness (QED) is 0.0234. The number of nitrogens with zero attached hydrogens (tertiary/aromatic N) is 3. The number of nitrogens with two attached hydrogens (primary N) is 7. The number of amides is 10. The first-order valence-corrected chi connectivity index (χ1v) is 26.5. The third kappa shape index (κ3) is 24.4. The Kier molecular flexibility index (Phi) is 30.0. The first-order chi connectivity index (χ1) is 34.7. The standard InChI is InChI=1S/C41H73N17O10S2.C2H4O2/c1-5-20(3)30-37(66)53-24(11-8-14-50-41(47)48)34(63)54-25(16-28(43)59)35(64)55-26(19-70-69-18-22(42)32(61)56-31(21(4)6-2)38(67)57-30)39(68)58-15-9-12-27(58)36(65)52-23(10-7-13-49-40(45)46)33(62)51-17-29(44)60;1-2(3)4/h20-27,30-31H,5-19,42H2,1-4H3,(H2,43,59)(H2,44,60)(H,51,62)(H,52,65)(H,53,66)(H,54,63)(H,55,64)(H,56,61)(H,57,67)(H4,45,46,49)(H4,47,48,50);1H3,(H,3,4)/t20-,21-,22-,23-,24?,25-,26?,27-,30?,31-;/m0./s1. The molecule has 0 spiro atoms. The fourth-order valence-electron chi connectivity index (χ4n) is 7.23. The Morgan fingerprint density at radius 3 is 1.78 bits per heavy atom. The molecule has 418 valence electrons. The fourth-order valence-corrected chi connectivity index (χ4v) is 9.50. The maximum atomic E-state index is 14.5. The van der Waals surface area contributed by atoms with Crippen LogP contribution in [-0.2, 0) is 52.7 Å². The third-order valence-corrected chi connectivity index (χ3v) is 14.0. The molecule has 0 aliphatic carbocycles. The average Bonchev–Trinajstić information content (AvgIpc) is 3.83. The highest BCUT2D eigenvalue weighted by atomic mass is 33.1. The van der Waals surface area contributed by atoms with Crippen molar-refractivity contribution in [2.75, 3.05) is 37.7 Å². The summed E-state index contributed by atoms with van der Waals surface area (Å²) in [5.74, 6) is -10.5. The van der Waals surface area contributed by atoms with E-state index in [1.54, 1.807) is 20.8 Å². The number of likely N-dealkylation sites (tertiary alicyclic amines) is 1. The van der Waals surface area contributed by atoms with E-state index in [1.165, 1.54) is 4.90 Å². The first kappa shape index (κ1) is 65.4. The molecule has 10 atom stereocenters. The van der Waals surface area contributed by atoms with Crippen LogP contribution in [0.2, 0.25) is 0 Å². The largest absolute Gasteiger partial charge is 0.481 e. The Labute approximate surface area is 437 Å². The summed E-state index contributed by atoms with van der Waals surface area (Å²) in [5, 5.41) is 25.6. The summed E-state index contributed by atoms with van der Waals surface area (Å²) in [6, 6.07) is -10.4. The second kappa shape index (κ2) is 34.0. The van der Waals surface area contributed by atoms with Crippen molar-refractivity contribution in [3.05, 3.63) is 0 Å². The van der Waals surface area contributed by atoms with E-state index in [-0.39, 0.29) is 75.2 Å². The minimum Gasteiger partial charge on any atom is -0.481 e. The topological polar surface area (TPSA) is 502 Å². The van der Waals surface area contributed by atoms with Crippen molar-refractivity contribution in [2.24, 2.45) is 62.0 Å². The lowest BCUT2D eigenvalue weighted by Gasteiger charge is -2.31. The predicted octanol–water partition coefficient (Wildman–Crippen LogP) is -5.62. The van der Waals surface area contributed by atoms with Crippen molar-refractivity contribution in [1.29, 1.82) is 0 Å². The number of nitrogens with one attached hydrogen (secondary N) is 7. The molecule has 0 bridgehead atoms. The molecule has 2 saturated heterocycles. The van der Waals surface area contributed by atoms with Gasteiger partial charge in [-0.05, 0) is 50.4 Å². The van der Waals surface area contributed by atoms with Gasteiger partial charge in [-0.15, -0.1) is 0 Å². The van der Waals surface area contributed by atoms with Gasteiger partial charge in [0.15, 0.2) is 11.9 Å². The van der Waals surface area contributed by atoms with Gasteiger partial charge < -0.3 is 87.4 Å². The summed E-state index contributed by atoms with van der Waals surface area (Å²) < 4.78 is 0. The van der Waals surface area contributed by atoms with Crippen LogP contribution in [0.5, 0.6) is 0 Å². The van der Waals surface area contributed by atoms with Gasteiger partial charge in [0.05, 0.1) is 19.0 Å². The maximum absolute atomic E-state index is 14.5. The lowest BCUT2D eigenvalue weighted by Crippen LogP contribution is -2.62. The molecule has 0 aromatic carbocycles. The van der Waals surface area contributed by atoms with Crippen LogP contribution in [0, 0.1) is 11.8 Å². The van der Waals surface area contributed by atoms with Crippen molar-refractivity contribution >= 4 is 98.5 Å². The summed E-state index contributed by atoms with van der Waals surface area (Å²) in [5.41, 5.74) is 38.9. The van der Waals surface area contributed by atoms with Gasteiger partial charge >= 0.3 is 0 Å². The normalized spacial score (nSPS) is 23.4. The van der Waals surface area contributed by atoms with Crippen LogP contribution in [0.4, 0.5) is 0 Å². The molecule has 0 saturated carbocycles. The van der Waals surface area contributed by atoms with Crippen LogP contribution in [0.3, 0.4) is 0 Å². The molecular weight excluding hydrogens is 1010 g/mol. The number of aliphatic carboxylic acids is 1. The molecule has 3 unspecified atom stereocenters. The van der Waals surface area contributed by atoms with Gasteiger partial charge in [0.25, 0.3) is 5.97 Å². The van der Waals surface area contributed by atoms with Crippen LogP contribution in [0.15, 0.2) is 9.98 Å². The zero-order valence-electron chi connectivity index (χ0n) is 42.5. The molecule has 10 amide bonds. The Balaban J connectivity index is 0.00000658. The number of hydrogen-bond donors (Lipinski definition) is 15. The summed E-state index contributed by atoms with van der Waals surface area (Å²) in [4.78, 5) is 153. The SMILES string of the molecule is CC(=O)O.CC[C@H](C)C1NC(=O)[C@H]([C@@H](C)CC)NC(=O)[C@@H](N)CSSCC(C(=O)N2CCC[C@H]2C(=O)N[C@@H](CCCN=C(N)N)C(=O)NCC(N)=O)NC(=O)[C@H](CC(N)=O)NC(=O)C(CCCN=C(N)N)NC1=O. The van der Waals surface area contributed by atoms with Gasteiger partial charge in [-0.25, -0.2) is 0 Å². The number of guanidine groups is 2. The van der Waals surface area contributed by atoms with E-state index < -0.39 is 138 Å². The van der Waals surface area contributed by atoms with E-state index in [0.717, 1.165) is 28.5 Å². The van der Waals surface area contributed by atoms with Crippen LogP contribution in [0.25, 0.3) is 0 Å². The molecule has 22 N–H and O–H groups in total. The molecule has 2 aliphatic heterocycles. The number of aliphatic imine (C=N–C) groups is 2.